The predicted molar refractivity (Wildman–Crippen MR) is 80.4 cm³/mol. The van der Waals surface area contributed by atoms with E-state index < -0.39 is 0 Å². The summed E-state index contributed by atoms with van der Waals surface area (Å²) in [5.74, 6) is -0.357. The Hall–Kier alpha value is -1.88. The number of carbonyl (C=O) groups is 2. The second-order valence-corrected chi connectivity index (χ2v) is 5.56. The van der Waals surface area contributed by atoms with Gasteiger partial charge in [-0.1, -0.05) is 0 Å². The van der Waals surface area contributed by atoms with Crippen LogP contribution in [0.2, 0.25) is 0 Å². The van der Waals surface area contributed by atoms with Crippen LogP contribution < -0.4 is 0 Å². The maximum absolute atomic E-state index is 12.4. The number of amides is 1. The fraction of sp³-hybridized carbons (Fsp3) is 0.500. The van der Waals surface area contributed by atoms with Crippen LogP contribution in [0.3, 0.4) is 0 Å². The van der Waals surface area contributed by atoms with E-state index in [9.17, 15) is 9.59 Å². The second kappa shape index (κ2) is 6.72. The zero-order valence-corrected chi connectivity index (χ0v) is 12.8. The van der Waals surface area contributed by atoms with Crippen LogP contribution in [0.5, 0.6) is 0 Å². The van der Waals surface area contributed by atoms with Gasteiger partial charge in [-0.2, -0.15) is 0 Å². The molecule has 2 rings (SSSR count). The van der Waals surface area contributed by atoms with Crippen molar-refractivity contribution in [3.8, 4) is 0 Å². The highest BCUT2D eigenvalue weighted by atomic mass is 16.5. The van der Waals surface area contributed by atoms with Crippen molar-refractivity contribution in [1.82, 2.24) is 9.80 Å². The first-order valence-corrected chi connectivity index (χ1v) is 7.17. The van der Waals surface area contributed by atoms with Crippen molar-refractivity contribution < 1.29 is 14.3 Å². The van der Waals surface area contributed by atoms with Crippen LogP contribution in [0.1, 0.15) is 33.6 Å². The Morgan fingerprint density at radius 1 is 1.10 bits per heavy atom. The molecular formula is C16H22N2O3. The number of methoxy groups -OCH3 is 1. The Balaban J connectivity index is 1.99. The van der Waals surface area contributed by atoms with Gasteiger partial charge in [-0.3, -0.25) is 4.79 Å². The van der Waals surface area contributed by atoms with Crippen LogP contribution in [-0.4, -0.2) is 62.0 Å². The van der Waals surface area contributed by atoms with E-state index in [2.05, 4.69) is 23.7 Å². The SMILES string of the molecule is COC(=O)c1ccc(C(=O)N2CCC(N(C)C)CC2)cc1. The summed E-state index contributed by atoms with van der Waals surface area (Å²) in [5, 5.41) is 0. The molecule has 0 unspecified atom stereocenters. The van der Waals surface area contributed by atoms with Crippen molar-refractivity contribution >= 4 is 11.9 Å². The number of carbonyl (C=O) groups excluding carboxylic acids is 2. The molecule has 0 aromatic heterocycles. The molecule has 0 atom stereocenters. The normalized spacial score (nSPS) is 16.1. The monoisotopic (exact) mass is 290 g/mol. The Kier molecular flexibility index (Phi) is 4.96. The minimum absolute atomic E-state index is 0.0311. The Bertz CT molecular complexity index is 503. The van der Waals surface area contributed by atoms with E-state index in [0.29, 0.717) is 17.2 Å². The molecule has 21 heavy (non-hydrogen) atoms. The first kappa shape index (κ1) is 15.5. The minimum atomic E-state index is -0.388. The van der Waals surface area contributed by atoms with Crippen molar-refractivity contribution in [2.45, 2.75) is 18.9 Å². The van der Waals surface area contributed by atoms with Crippen LogP contribution in [-0.2, 0) is 4.74 Å². The number of nitrogens with zero attached hydrogens (tertiary/aromatic N) is 2. The first-order valence-electron chi connectivity index (χ1n) is 7.17. The molecule has 1 aromatic rings. The Morgan fingerprint density at radius 3 is 2.10 bits per heavy atom. The molecule has 1 amide bonds. The second-order valence-electron chi connectivity index (χ2n) is 5.56. The summed E-state index contributed by atoms with van der Waals surface area (Å²) >= 11 is 0. The third-order valence-electron chi connectivity index (χ3n) is 4.03. The van der Waals surface area contributed by atoms with Crippen molar-refractivity contribution in [2.24, 2.45) is 0 Å². The zero-order chi connectivity index (χ0) is 15.4. The van der Waals surface area contributed by atoms with Crippen LogP contribution in [0, 0.1) is 0 Å². The predicted octanol–water partition coefficient (Wildman–Crippen LogP) is 1.64. The molecular weight excluding hydrogens is 268 g/mol. The van der Waals surface area contributed by atoms with Gasteiger partial charge in [0, 0.05) is 24.7 Å². The summed E-state index contributed by atoms with van der Waals surface area (Å²) in [6.07, 6.45) is 2.00. The average molecular weight is 290 g/mol. The molecule has 1 aromatic carbocycles. The van der Waals surface area contributed by atoms with E-state index in [1.807, 2.05) is 4.90 Å². The van der Waals surface area contributed by atoms with Crippen molar-refractivity contribution in [3.05, 3.63) is 35.4 Å². The average Bonchev–Trinajstić information content (AvgIpc) is 2.53. The molecule has 114 valence electrons. The number of hydrogen-bond donors (Lipinski definition) is 0. The number of benzene rings is 1. The highest BCUT2D eigenvalue weighted by Crippen LogP contribution is 2.17. The molecule has 1 aliphatic heterocycles. The summed E-state index contributed by atoms with van der Waals surface area (Å²) < 4.78 is 4.65. The lowest BCUT2D eigenvalue weighted by molar-refractivity contribution is 0.0598. The molecule has 0 radical (unpaired) electrons. The van der Waals surface area contributed by atoms with Gasteiger partial charge in [0.25, 0.3) is 5.91 Å². The molecule has 1 heterocycles. The van der Waals surface area contributed by atoms with Gasteiger partial charge in [-0.15, -0.1) is 0 Å². The van der Waals surface area contributed by atoms with Crippen LogP contribution in [0.4, 0.5) is 0 Å². The molecule has 0 N–H and O–H groups in total. The van der Waals surface area contributed by atoms with Crippen LogP contribution in [0.15, 0.2) is 24.3 Å². The van der Waals surface area contributed by atoms with E-state index in [0.717, 1.165) is 25.9 Å². The number of likely N-dealkylation sites (tertiary alicyclic amines) is 1. The molecule has 0 saturated carbocycles. The van der Waals surface area contributed by atoms with Crippen molar-refractivity contribution in [3.63, 3.8) is 0 Å². The van der Waals surface area contributed by atoms with Gasteiger partial charge in [-0.05, 0) is 51.2 Å². The van der Waals surface area contributed by atoms with E-state index in [-0.39, 0.29) is 11.9 Å². The molecule has 1 saturated heterocycles. The van der Waals surface area contributed by atoms with Crippen molar-refractivity contribution in [2.75, 3.05) is 34.3 Å². The molecule has 1 fully saturated rings. The highest BCUT2D eigenvalue weighted by Gasteiger charge is 2.24. The van der Waals surface area contributed by atoms with E-state index >= 15 is 0 Å². The lowest BCUT2D eigenvalue weighted by atomic mass is 10.0. The smallest absolute Gasteiger partial charge is 0.337 e. The lowest BCUT2D eigenvalue weighted by Crippen LogP contribution is -2.44. The summed E-state index contributed by atoms with van der Waals surface area (Å²) in [5.41, 5.74) is 1.08. The summed E-state index contributed by atoms with van der Waals surface area (Å²) in [6, 6.07) is 7.19. The van der Waals surface area contributed by atoms with E-state index in [1.54, 1.807) is 24.3 Å². The first-order chi connectivity index (χ1) is 10.0. The number of esters is 1. The van der Waals surface area contributed by atoms with Gasteiger partial charge in [0.2, 0.25) is 0 Å². The number of ether oxygens (including phenoxy) is 1. The third-order valence-corrected chi connectivity index (χ3v) is 4.03. The molecule has 5 nitrogen and oxygen atoms in total. The highest BCUT2D eigenvalue weighted by molar-refractivity contribution is 5.96. The maximum atomic E-state index is 12.4. The lowest BCUT2D eigenvalue weighted by Gasteiger charge is -2.35. The minimum Gasteiger partial charge on any atom is -0.465 e. The standard InChI is InChI=1S/C16H22N2O3/c1-17(2)14-8-10-18(11-9-14)15(19)12-4-6-13(7-5-12)16(20)21-3/h4-7,14H,8-11H2,1-3H3. The largest absolute Gasteiger partial charge is 0.465 e. The quantitative estimate of drug-likeness (QED) is 0.794. The Labute approximate surface area is 125 Å². The fourth-order valence-corrected chi connectivity index (χ4v) is 2.63. The summed E-state index contributed by atoms with van der Waals surface area (Å²) in [6.45, 7) is 1.56. The zero-order valence-electron chi connectivity index (χ0n) is 12.8. The third kappa shape index (κ3) is 3.61. The fourth-order valence-electron chi connectivity index (χ4n) is 2.63. The molecule has 5 heteroatoms. The molecule has 0 aliphatic carbocycles. The van der Waals surface area contributed by atoms with Gasteiger partial charge in [-0.25, -0.2) is 4.79 Å². The van der Waals surface area contributed by atoms with Gasteiger partial charge >= 0.3 is 5.97 Å². The topological polar surface area (TPSA) is 49.9 Å². The molecule has 1 aliphatic rings. The number of hydrogen-bond acceptors (Lipinski definition) is 4. The number of piperidine rings is 1. The van der Waals surface area contributed by atoms with Gasteiger partial charge < -0.3 is 14.5 Å². The van der Waals surface area contributed by atoms with Gasteiger partial charge in [0.05, 0.1) is 12.7 Å². The maximum Gasteiger partial charge on any atom is 0.337 e. The number of rotatable bonds is 3. The van der Waals surface area contributed by atoms with E-state index in [4.69, 9.17) is 0 Å². The van der Waals surface area contributed by atoms with E-state index in [1.165, 1.54) is 7.11 Å². The summed E-state index contributed by atoms with van der Waals surface area (Å²) in [4.78, 5) is 27.9. The van der Waals surface area contributed by atoms with Crippen molar-refractivity contribution in [1.29, 1.82) is 0 Å². The summed E-state index contributed by atoms with van der Waals surface area (Å²) in [7, 11) is 5.50. The Morgan fingerprint density at radius 2 is 1.62 bits per heavy atom. The van der Waals surface area contributed by atoms with Gasteiger partial charge in [0.15, 0.2) is 0 Å². The molecule has 0 spiro atoms. The van der Waals surface area contributed by atoms with Gasteiger partial charge in [0.1, 0.15) is 0 Å². The van der Waals surface area contributed by atoms with Crippen LogP contribution >= 0.6 is 0 Å². The molecule has 0 bridgehead atoms. The van der Waals surface area contributed by atoms with Crippen LogP contribution in [0.25, 0.3) is 0 Å².